The third-order valence-electron chi connectivity index (χ3n) is 3.09. The third-order valence-corrected chi connectivity index (χ3v) is 4.62. The first-order valence-electron chi connectivity index (χ1n) is 5.74. The van der Waals surface area contributed by atoms with Gasteiger partial charge in [0.25, 0.3) is 0 Å². The van der Waals surface area contributed by atoms with E-state index in [1.165, 1.54) is 43.6 Å². The molecule has 1 heteroatoms. The molecule has 1 unspecified atom stereocenters. The molecule has 0 bridgehead atoms. The van der Waals surface area contributed by atoms with E-state index >= 15 is 0 Å². The summed E-state index contributed by atoms with van der Waals surface area (Å²) in [6, 6.07) is 10.9. The van der Waals surface area contributed by atoms with E-state index in [9.17, 15) is 0 Å². The van der Waals surface area contributed by atoms with Crippen molar-refractivity contribution in [3.8, 4) is 0 Å². The van der Waals surface area contributed by atoms with Crippen LogP contribution in [0, 0.1) is 5.92 Å². The minimum absolute atomic E-state index is 1.03. The largest absolute Gasteiger partial charge is 0.0901 e. The molecule has 1 atom stereocenters. The lowest BCUT2D eigenvalue weighted by molar-refractivity contribution is 0.390. The van der Waals surface area contributed by atoms with E-state index in [1.54, 1.807) is 0 Å². The zero-order chi connectivity index (χ0) is 9.64. The van der Waals surface area contributed by atoms with E-state index in [0.29, 0.717) is 0 Å². The molecule has 76 valence electrons. The van der Waals surface area contributed by atoms with Crippen LogP contribution in [0.1, 0.15) is 32.1 Å². The Morgan fingerprint density at radius 1 is 1.00 bits per heavy atom. The highest BCUT2D eigenvalue weighted by atomic mass is 31.1. The Morgan fingerprint density at radius 2 is 1.71 bits per heavy atom. The first-order valence-corrected chi connectivity index (χ1v) is 6.95. The van der Waals surface area contributed by atoms with Crippen molar-refractivity contribution < 1.29 is 0 Å². The van der Waals surface area contributed by atoms with Crippen molar-refractivity contribution in [3.05, 3.63) is 30.3 Å². The van der Waals surface area contributed by atoms with Crippen LogP contribution in [0.2, 0.25) is 0 Å². The van der Waals surface area contributed by atoms with E-state index in [0.717, 1.165) is 14.5 Å². The normalized spacial score (nSPS) is 19.1. The Labute approximate surface area is 88.9 Å². The number of hydrogen-bond acceptors (Lipinski definition) is 0. The van der Waals surface area contributed by atoms with Crippen molar-refractivity contribution in [2.45, 2.75) is 32.1 Å². The number of rotatable bonds is 3. The maximum atomic E-state index is 2.27. The van der Waals surface area contributed by atoms with E-state index in [4.69, 9.17) is 0 Å². The molecule has 2 rings (SSSR count). The smallest absolute Gasteiger partial charge is 0.0271 e. The standard InChI is InChI=1S/C13H19P/c1-3-7-12(8-4-1)11-14-13-9-5-2-6-10-13/h2,5-6,9-10,12,14H,1,3-4,7-8,11H2. The van der Waals surface area contributed by atoms with Gasteiger partial charge < -0.3 is 0 Å². The molecule has 0 aromatic heterocycles. The minimum atomic E-state index is 1.03. The van der Waals surface area contributed by atoms with Gasteiger partial charge in [-0.1, -0.05) is 71.0 Å². The SMILES string of the molecule is c1ccc(PCC2CCCCC2)cc1. The van der Waals surface area contributed by atoms with Crippen LogP contribution in [0.15, 0.2) is 30.3 Å². The molecule has 1 aliphatic rings. The molecule has 14 heavy (non-hydrogen) atoms. The molecule has 0 nitrogen and oxygen atoms in total. The molecule has 1 aromatic rings. The molecule has 1 saturated carbocycles. The summed E-state index contributed by atoms with van der Waals surface area (Å²) in [4.78, 5) is 0. The Kier molecular flexibility index (Phi) is 4.01. The summed E-state index contributed by atoms with van der Waals surface area (Å²) in [5.74, 6) is 1.03. The Bertz CT molecular complexity index is 249. The van der Waals surface area contributed by atoms with Gasteiger partial charge in [-0.2, -0.15) is 0 Å². The monoisotopic (exact) mass is 206 g/mol. The maximum Gasteiger partial charge on any atom is -0.0271 e. The Morgan fingerprint density at radius 3 is 2.43 bits per heavy atom. The lowest BCUT2D eigenvalue weighted by atomic mass is 9.91. The van der Waals surface area contributed by atoms with Crippen molar-refractivity contribution in [1.82, 2.24) is 0 Å². The second kappa shape index (κ2) is 5.51. The van der Waals surface area contributed by atoms with Crippen LogP contribution < -0.4 is 5.30 Å². The molecule has 0 amide bonds. The molecule has 0 N–H and O–H groups in total. The van der Waals surface area contributed by atoms with Crippen molar-refractivity contribution in [2.24, 2.45) is 5.92 Å². The van der Waals surface area contributed by atoms with Crippen LogP contribution >= 0.6 is 8.58 Å². The summed E-state index contributed by atoms with van der Waals surface area (Å²) in [5.41, 5.74) is 0. The molecule has 1 aliphatic carbocycles. The summed E-state index contributed by atoms with van der Waals surface area (Å²) < 4.78 is 0. The zero-order valence-electron chi connectivity index (χ0n) is 8.71. The molecule has 0 spiro atoms. The van der Waals surface area contributed by atoms with Crippen LogP contribution in [0.4, 0.5) is 0 Å². The molecule has 1 fully saturated rings. The van der Waals surface area contributed by atoms with Crippen LogP contribution in [0.5, 0.6) is 0 Å². The average molecular weight is 206 g/mol. The molecule has 0 saturated heterocycles. The summed E-state index contributed by atoms with van der Waals surface area (Å²) in [7, 11) is 1.04. The molecular formula is C13H19P. The van der Waals surface area contributed by atoms with Crippen molar-refractivity contribution in [3.63, 3.8) is 0 Å². The van der Waals surface area contributed by atoms with Gasteiger partial charge in [-0.05, 0) is 17.4 Å². The predicted octanol–water partition coefficient (Wildman–Crippen LogP) is 3.57. The van der Waals surface area contributed by atoms with Gasteiger partial charge in [0.1, 0.15) is 0 Å². The van der Waals surface area contributed by atoms with Crippen LogP contribution in [-0.4, -0.2) is 6.16 Å². The van der Waals surface area contributed by atoms with Crippen molar-refractivity contribution >= 4 is 13.9 Å². The van der Waals surface area contributed by atoms with Crippen LogP contribution in [0.3, 0.4) is 0 Å². The highest BCUT2D eigenvalue weighted by Gasteiger charge is 2.12. The predicted molar refractivity (Wildman–Crippen MR) is 65.8 cm³/mol. The van der Waals surface area contributed by atoms with E-state index in [2.05, 4.69) is 30.3 Å². The van der Waals surface area contributed by atoms with Crippen LogP contribution in [0.25, 0.3) is 0 Å². The first kappa shape index (κ1) is 10.2. The van der Waals surface area contributed by atoms with Crippen LogP contribution in [-0.2, 0) is 0 Å². The van der Waals surface area contributed by atoms with Gasteiger partial charge in [-0.25, -0.2) is 0 Å². The van der Waals surface area contributed by atoms with Gasteiger partial charge in [0.05, 0.1) is 0 Å². The molecular weight excluding hydrogens is 187 g/mol. The highest BCUT2D eigenvalue weighted by Crippen LogP contribution is 2.28. The summed E-state index contributed by atoms with van der Waals surface area (Å²) in [6.07, 6.45) is 8.84. The summed E-state index contributed by atoms with van der Waals surface area (Å²) >= 11 is 0. The number of benzene rings is 1. The average Bonchev–Trinajstić information content (AvgIpc) is 2.29. The lowest BCUT2D eigenvalue weighted by Crippen LogP contribution is -2.09. The second-order valence-electron chi connectivity index (χ2n) is 4.25. The van der Waals surface area contributed by atoms with E-state index in [-0.39, 0.29) is 0 Å². The first-order chi connectivity index (χ1) is 6.95. The van der Waals surface area contributed by atoms with Gasteiger partial charge in [0, 0.05) is 0 Å². The molecule has 1 aromatic carbocycles. The fourth-order valence-electron chi connectivity index (χ4n) is 2.21. The lowest BCUT2D eigenvalue weighted by Gasteiger charge is -2.21. The molecule has 0 heterocycles. The Balaban J connectivity index is 1.76. The second-order valence-corrected chi connectivity index (χ2v) is 5.59. The fourth-order valence-corrected chi connectivity index (χ4v) is 3.57. The maximum absolute atomic E-state index is 2.27. The Hall–Kier alpha value is -0.350. The summed E-state index contributed by atoms with van der Waals surface area (Å²) in [6.45, 7) is 0. The van der Waals surface area contributed by atoms with Crippen molar-refractivity contribution in [2.75, 3.05) is 6.16 Å². The van der Waals surface area contributed by atoms with Gasteiger partial charge in [0.2, 0.25) is 0 Å². The third kappa shape index (κ3) is 3.10. The minimum Gasteiger partial charge on any atom is -0.0901 e. The van der Waals surface area contributed by atoms with Gasteiger partial charge in [-0.3, -0.25) is 0 Å². The quantitative estimate of drug-likeness (QED) is 0.663. The van der Waals surface area contributed by atoms with Gasteiger partial charge >= 0.3 is 0 Å². The van der Waals surface area contributed by atoms with E-state index in [1.807, 2.05) is 0 Å². The molecule has 0 aliphatic heterocycles. The highest BCUT2D eigenvalue weighted by molar-refractivity contribution is 7.47. The fraction of sp³-hybridized carbons (Fsp3) is 0.538. The topological polar surface area (TPSA) is 0 Å². The molecule has 0 radical (unpaired) electrons. The summed E-state index contributed by atoms with van der Waals surface area (Å²) in [5, 5.41) is 1.54. The van der Waals surface area contributed by atoms with E-state index < -0.39 is 0 Å². The van der Waals surface area contributed by atoms with Gasteiger partial charge in [0.15, 0.2) is 0 Å². The van der Waals surface area contributed by atoms with Crippen molar-refractivity contribution in [1.29, 1.82) is 0 Å². The number of hydrogen-bond donors (Lipinski definition) is 0. The zero-order valence-corrected chi connectivity index (χ0v) is 9.71. The van der Waals surface area contributed by atoms with Gasteiger partial charge in [-0.15, -0.1) is 0 Å².